The van der Waals surface area contributed by atoms with Crippen LogP contribution in [0.15, 0.2) is 18.2 Å². The molecule has 1 aromatic rings. The van der Waals surface area contributed by atoms with E-state index in [0.717, 1.165) is 0 Å². The number of amides is 1. The van der Waals surface area contributed by atoms with Gasteiger partial charge in [-0.05, 0) is 18.2 Å². The van der Waals surface area contributed by atoms with E-state index in [1.54, 1.807) is 0 Å². The Morgan fingerprint density at radius 3 is 2.86 bits per heavy atom. The van der Waals surface area contributed by atoms with Gasteiger partial charge in [-0.1, -0.05) is 11.8 Å². The summed E-state index contributed by atoms with van der Waals surface area (Å²) in [7, 11) is 3.05. The molecule has 0 aliphatic heterocycles. The third-order valence-electron chi connectivity index (χ3n) is 2.72. The second-order valence-electron chi connectivity index (χ2n) is 4.22. The number of nitrogens with two attached hydrogens (primary N) is 1. The smallest absolute Gasteiger partial charge is 0.254 e. The van der Waals surface area contributed by atoms with Crippen molar-refractivity contribution in [1.29, 1.82) is 0 Å². The molecule has 5 nitrogen and oxygen atoms in total. The first-order valence-corrected chi connectivity index (χ1v) is 6.40. The minimum Gasteiger partial charge on any atom is -0.382 e. The lowest BCUT2D eigenvalue weighted by Crippen LogP contribution is -2.36. The zero-order chi connectivity index (χ0) is 15.7. The van der Waals surface area contributed by atoms with E-state index in [4.69, 9.17) is 15.2 Å². The second-order valence-corrected chi connectivity index (χ2v) is 4.22. The number of methoxy groups -OCH3 is 2. The lowest BCUT2D eigenvalue weighted by molar-refractivity contribution is 0.0285. The highest BCUT2D eigenvalue weighted by Crippen LogP contribution is 2.10. The predicted molar refractivity (Wildman–Crippen MR) is 77.3 cm³/mol. The van der Waals surface area contributed by atoms with Gasteiger partial charge in [-0.25, -0.2) is 4.39 Å². The van der Waals surface area contributed by atoms with E-state index in [0.29, 0.717) is 12.2 Å². The number of benzene rings is 1. The number of hydrogen-bond donors (Lipinski definition) is 2. The first kappa shape index (κ1) is 17.1. The van der Waals surface area contributed by atoms with Crippen LogP contribution in [0.4, 0.5) is 4.39 Å². The Morgan fingerprint density at radius 2 is 2.24 bits per heavy atom. The number of rotatable bonds is 6. The van der Waals surface area contributed by atoms with Gasteiger partial charge in [0.25, 0.3) is 5.91 Å². The van der Waals surface area contributed by atoms with Crippen LogP contribution in [0.5, 0.6) is 0 Å². The van der Waals surface area contributed by atoms with E-state index in [-0.39, 0.29) is 24.8 Å². The van der Waals surface area contributed by atoms with Gasteiger partial charge in [0.05, 0.1) is 24.8 Å². The molecule has 0 bridgehead atoms. The molecule has 0 radical (unpaired) electrons. The lowest BCUT2D eigenvalue weighted by Gasteiger charge is -2.15. The van der Waals surface area contributed by atoms with E-state index in [1.165, 1.54) is 32.4 Å². The van der Waals surface area contributed by atoms with Crippen molar-refractivity contribution in [2.75, 3.05) is 33.9 Å². The molecule has 0 aliphatic rings. The molecule has 0 spiro atoms. The maximum absolute atomic E-state index is 13.7. The molecule has 0 fully saturated rings. The van der Waals surface area contributed by atoms with Crippen molar-refractivity contribution in [3.63, 3.8) is 0 Å². The van der Waals surface area contributed by atoms with Crippen LogP contribution in [0.1, 0.15) is 15.9 Å². The fraction of sp³-hybridized carbons (Fsp3) is 0.400. The Hall–Kier alpha value is -1.94. The lowest BCUT2D eigenvalue weighted by atomic mass is 10.1. The average Bonchev–Trinajstić information content (AvgIpc) is 2.50. The topological polar surface area (TPSA) is 73.6 Å². The van der Waals surface area contributed by atoms with Crippen LogP contribution < -0.4 is 11.1 Å². The Labute approximate surface area is 123 Å². The first-order chi connectivity index (χ1) is 10.1. The summed E-state index contributed by atoms with van der Waals surface area (Å²) in [4.78, 5) is 12.0. The normalized spacial score (nSPS) is 11.4. The number of nitrogens with one attached hydrogen (secondary N) is 1. The summed E-state index contributed by atoms with van der Waals surface area (Å²) in [6.45, 7) is 0.758. The molecule has 1 amide bonds. The maximum atomic E-state index is 13.7. The van der Waals surface area contributed by atoms with Gasteiger partial charge < -0.3 is 20.5 Å². The molecule has 3 N–H and O–H groups in total. The van der Waals surface area contributed by atoms with Gasteiger partial charge in [0.1, 0.15) is 5.82 Å². The fourth-order valence-corrected chi connectivity index (χ4v) is 1.63. The predicted octanol–water partition coefficient (Wildman–Crippen LogP) is 0.527. The van der Waals surface area contributed by atoms with Crippen molar-refractivity contribution >= 4 is 5.91 Å². The van der Waals surface area contributed by atoms with Gasteiger partial charge in [0, 0.05) is 26.3 Å². The number of carbonyl (C=O) groups is 1. The molecular formula is C15H19FN2O3. The largest absolute Gasteiger partial charge is 0.382 e. The quantitative estimate of drug-likeness (QED) is 0.751. The van der Waals surface area contributed by atoms with Crippen molar-refractivity contribution in [1.82, 2.24) is 5.32 Å². The molecular weight excluding hydrogens is 275 g/mol. The molecule has 1 aromatic carbocycles. The number of ether oxygens (including phenoxy) is 2. The van der Waals surface area contributed by atoms with Gasteiger partial charge in [0.15, 0.2) is 0 Å². The molecule has 1 rings (SSSR count). The Balaban J connectivity index is 2.77. The summed E-state index contributed by atoms with van der Waals surface area (Å²) < 4.78 is 23.8. The summed E-state index contributed by atoms with van der Waals surface area (Å²) in [6.07, 6.45) is -0.290. The minimum absolute atomic E-state index is 0.0638. The Bertz CT molecular complexity index is 537. The van der Waals surface area contributed by atoms with Crippen molar-refractivity contribution in [2.45, 2.75) is 6.10 Å². The molecule has 0 heterocycles. The second kappa shape index (κ2) is 9.08. The zero-order valence-corrected chi connectivity index (χ0v) is 12.1. The zero-order valence-electron chi connectivity index (χ0n) is 12.1. The SMILES string of the molecule is COCC(CNC(=O)c1cc(C#CCN)ccc1F)OC. The van der Waals surface area contributed by atoms with E-state index in [1.807, 2.05) is 0 Å². The highest BCUT2D eigenvalue weighted by molar-refractivity contribution is 5.94. The van der Waals surface area contributed by atoms with Crippen LogP contribution in [0, 0.1) is 17.7 Å². The first-order valence-electron chi connectivity index (χ1n) is 6.40. The molecule has 114 valence electrons. The van der Waals surface area contributed by atoms with Crippen molar-refractivity contribution < 1.29 is 18.7 Å². The molecule has 21 heavy (non-hydrogen) atoms. The van der Waals surface area contributed by atoms with E-state index in [2.05, 4.69) is 17.2 Å². The van der Waals surface area contributed by atoms with E-state index < -0.39 is 11.7 Å². The summed E-state index contributed by atoms with van der Waals surface area (Å²) in [5.74, 6) is 4.28. The Morgan fingerprint density at radius 1 is 1.48 bits per heavy atom. The summed E-state index contributed by atoms with van der Waals surface area (Å²) >= 11 is 0. The molecule has 1 unspecified atom stereocenters. The minimum atomic E-state index is -0.605. The van der Waals surface area contributed by atoms with Gasteiger partial charge in [-0.15, -0.1) is 0 Å². The number of hydrogen-bond acceptors (Lipinski definition) is 4. The molecule has 1 atom stereocenters. The van der Waals surface area contributed by atoms with Crippen molar-refractivity contribution in [3.8, 4) is 11.8 Å². The highest BCUT2D eigenvalue weighted by Gasteiger charge is 2.14. The van der Waals surface area contributed by atoms with Crippen LogP contribution in [0.25, 0.3) is 0 Å². The van der Waals surface area contributed by atoms with Crippen LogP contribution in [0.2, 0.25) is 0 Å². The van der Waals surface area contributed by atoms with Crippen LogP contribution in [-0.2, 0) is 9.47 Å². The van der Waals surface area contributed by atoms with Gasteiger partial charge in [-0.2, -0.15) is 0 Å². The maximum Gasteiger partial charge on any atom is 0.254 e. The van der Waals surface area contributed by atoms with Crippen molar-refractivity contribution in [2.24, 2.45) is 5.73 Å². The van der Waals surface area contributed by atoms with Crippen LogP contribution in [-0.4, -0.2) is 45.9 Å². The Kier molecular flexibility index (Phi) is 7.40. The fourth-order valence-electron chi connectivity index (χ4n) is 1.63. The summed E-state index contributed by atoms with van der Waals surface area (Å²) in [5, 5.41) is 2.60. The van der Waals surface area contributed by atoms with Crippen LogP contribution >= 0.6 is 0 Å². The summed E-state index contributed by atoms with van der Waals surface area (Å²) in [5.41, 5.74) is 5.75. The number of halogens is 1. The molecule has 6 heteroatoms. The van der Waals surface area contributed by atoms with E-state index in [9.17, 15) is 9.18 Å². The van der Waals surface area contributed by atoms with Gasteiger partial charge in [0.2, 0.25) is 0 Å². The molecule has 0 saturated carbocycles. The highest BCUT2D eigenvalue weighted by atomic mass is 19.1. The van der Waals surface area contributed by atoms with Crippen LogP contribution in [0.3, 0.4) is 0 Å². The average molecular weight is 294 g/mol. The number of carbonyl (C=O) groups excluding carboxylic acids is 1. The monoisotopic (exact) mass is 294 g/mol. The third kappa shape index (κ3) is 5.52. The molecule has 0 saturated heterocycles. The van der Waals surface area contributed by atoms with Crippen molar-refractivity contribution in [3.05, 3.63) is 35.1 Å². The third-order valence-corrected chi connectivity index (χ3v) is 2.72. The molecule has 0 aliphatic carbocycles. The van der Waals surface area contributed by atoms with E-state index >= 15 is 0 Å². The van der Waals surface area contributed by atoms with Gasteiger partial charge >= 0.3 is 0 Å². The van der Waals surface area contributed by atoms with Gasteiger partial charge in [-0.3, -0.25) is 4.79 Å². The molecule has 0 aromatic heterocycles. The standard InChI is InChI=1S/C15H19FN2O3/c1-20-10-12(21-2)9-18-15(19)13-8-11(4-3-7-17)5-6-14(13)16/h5-6,8,12H,7,9-10,17H2,1-2H3,(H,18,19). The summed E-state index contributed by atoms with van der Waals surface area (Å²) in [6, 6.07) is 4.10.